The monoisotopic (exact) mass is 424 g/mol. The van der Waals surface area contributed by atoms with E-state index in [1.807, 2.05) is 75.4 Å². The fraction of sp³-hybridized carbons (Fsp3) is 0.440. The van der Waals surface area contributed by atoms with Crippen molar-refractivity contribution in [3.63, 3.8) is 0 Å². The zero-order chi connectivity index (χ0) is 22.3. The van der Waals surface area contributed by atoms with Crippen molar-refractivity contribution in [3.8, 4) is 5.75 Å². The van der Waals surface area contributed by atoms with Crippen LogP contribution >= 0.6 is 0 Å². The first kappa shape index (κ1) is 22.7. The third-order valence-corrected chi connectivity index (χ3v) is 5.12. The summed E-state index contributed by atoms with van der Waals surface area (Å²) in [5, 5.41) is 3.04. The molecule has 2 aromatic carbocycles. The van der Waals surface area contributed by atoms with Crippen LogP contribution in [0, 0.1) is 5.92 Å². The maximum Gasteiger partial charge on any atom is 0.410 e. The van der Waals surface area contributed by atoms with Crippen LogP contribution in [-0.4, -0.2) is 35.6 Å². The number of piperidine rings is 1. The molecule has 0 radical (unpaired) electrons. The smallest absolute Gasteiger partial charge is 0.410 e. The SMILES string of the molecule is CC(C)(C)OC(=O)N1CCC(C(=O)NCc2cccc(COc3ccccc3)c2)CC1. The zero-order valence-electron chi connectivity index (χ0n) is 18.6. The molecule has 2 aromatic rings. The lowest BCUT2D eigenvalue weighted by Gasteiger charge is -2.32. The second kappa shape index (κ2) is 10.3. The molecule has 1 aliphatic heterocycles. The molecule has 1 fully saturated rings. The molecular formula is C25H32N2O4. The number of ether oxygens (including phenoxy) is 2. The van der Waals surface area contributed by atoms with E-state index in [0.717, 1.165) is 16.9 Å². The Kier molecular flexibility index (Phi) is 7.55. The number of nitrogens with one attached hydrogen (secondary N) is 1. The molecule has 0 aliphatic carbocycles. The van der Waals surface area contributed by atoms with Gasteiger partial charge in [-0.1, -0.05) is 42.5 Å². The standard InChI is InChI=1S/C25H32N2O4/c1-25(2,3)31-24(29)27-14-12-21(13-15-27)23(28)26-17-19-8-7-9-20(16-19)18-30-22-10-5-4-6-11-22/h4-11,16,21H,12-15,17-18H2,1-3H3,(H,26,28). The van der Waals surface area contributed by atoms with Crippen LogP contribution in [-0.2, 0) is 22.7 Å². The van der Waals surface area contributed by atoms with Crippen LogP contribution in [0.1, 0.15) is 44.7 Å². The predicted octanol–water partition coefficient (Wildman–Crippen LogP) is 4.53. The number of benzene rings is 2. The summed E-state index contributed by atoms with van der Waals surface area (Å²) in [6.07, 6.45) is 0.993. The van der Waals surface area contributed by atoms with E-state index in [-0.39, 0.29) is 17.9 Å². The topological polar surface area (TPSA) is 67.9 Å². The van der Waals surface area contributed by atoms with Gasteiger partial charge in [-0.3, -0.25) is 4.79 Å². The minimum atomic E-state index is -0.508. The second-order valence-corrected chi connectivity index (χ2v) is 8.88. The van der Waals surface area contributed by atoms with Crippen molar-refractivity contribution in [2.45, 2.75) is 52.4 Å². The molecule has 0 atom stereocenters. The fourth-order valence-electron chi connectivity index (χ4n) is 3.50. The van der Waals surface area contributed by atoms with E-state index in [4.69, 9.17) is 9.47 Å². The van der Waals surface area contributed by atoms with Crippen LogP contribution < -0.4 is 10.1 Å². The second-order valence-electron chi connectivity index (χ2n) is 8.88. The van der Waals surface area contributed by atoms with Crippen molar-refractivity contribution in [2.24, 2.45) is 5.92 Å². The number of likely N-dealkylation sites (tertiary alicyclic amines) is 1. The van der Waals surface area contributed by atoms with Gasteiger partial charge in [0.05, 0.1) is 0 Å². The van der Waals surface area contributed by atoms with Crippen LogP contribution in [0.5, 0.6) is 5.75 Å². The Morgan fingerprint density at radius 3 is 2.35 bits per heavy atom. The maximum absolute atomic E-state index is 12.6. The van der Waals surface area contributed by atoms with Gasteiger partial charge in [0.1, 0.15) is 18.0 Å². The third-order valence-electron chi connectivity index (χ3n) is 5.12. The van der Waals surface area contributed by atoms with Gasteiger partial charge in [0.15, 0.2) is 0 Å². The van der Waals surface area contributed by atoms with Gasteiger partial charge in [-0.25, -0.2) is 4.79 Å². The van der Waals surface area contributed by atoms with Crippen molar-refractivity contribution in [1.82, 2.24) is 10.2 Å². The highest BCUT2D eigenvalue weighted by Gasteiger charge is 2.29. The number of carbonyl (C=O) groups excluding carboxylic acids is 2. The molecule has 1 heterocycles. The van der Waals surface area contributed by atoms with E-state index < -0.39 is 5.60 Å². The summed E-state index contributed by atoms with van der Waals surface area (Å²) in [6, 6.07) is 17.7. The predicted molar refractivity (Wildman–Crippen MR) is 120 cm³/mol. The molecule has 1 aliphatic rings. The highest BCUT2D eigenvalue weighted by atomic mass is 16.6. The first-order chi connectivity index (χ1) is 14.8. The van der Waals surface area contributed by atoms with Crippen LogP contribution in [0.3, 0.4) is 0 Å². The third kappa shape index (κ3) is 7.31. The van der Waals surface area contributed by atoms with E-state index in [9.17, 15) is 9.59 Å². The Hall–Kier alpha value is -3.02. The Morgan fingerprint density at radius 1 is 1.00 bits per heavy atom. The molecule has 6 nitrogen and oxygen atoms in total. The summed E-state index contributed by atoms with van der Waals surface area (Å²) in [6.45, 7) is 7.60. The first-order valence-corrected chi connectivity index (χ1v) is 10.8. The van der Waals surface area contributed by atoms with Gasteiger partial charge in [-0.05, 0) is 56.9 Å². The number of rotatable bonds is 6. The van der Waals surface area contributed by atoms with E-state index in [1.165, 1.54) is 0 Å². The van der Waals surface area contributed by atoms with Gasteiger partial charge in [0.2, 0.25) is 5.91 Å². The van der Waals surface area contributed by atoms with Gasteiger partial charge in [0.25, 0.3) is 0 Å². The van der Waals surface area contributed by atoms with Crippen LogP contribution in [0.25, 0.3) is 0 Å². The molecule has 31 heavy (non-hydrogen) atoms. The van der Waals surface area contributed by atoms with Crippen molar-refractivity contribution in [3.05, 3.63) is 65.7 Å². The van der Waals surface area contributed by atoms with Gasteiger partial charge >= 0.3 is 6.09 Å². The van der Waals surface area contributed by atoms with E-state index in [1.54, 1.807) is 4.90 Å². The van der Waals surface area contributed by atoms with E-state index in [0.29, 0.717) is 39.1 Å². The van der Waals surface area contributed by atoms with Gasteiger partial charge in [-0.2, -0.15) is 0 Å². The van der Waals surface area contributed by atoms with Crippen molar-refractivity contribution < 1.29 is 19.1 Å². The highest BCUT2D eigenvalue weighted by Crippen LogP contribution is 2.20. The van der Waals surface area contributed by atoms with Crippen LogP contribution in [0.15, 0.2) is 54.6 Å². The molecule has 2 amide bonds. The molecule has 0 aromatic heterocycles. The Morgan fingerprint density at radius 2 is 1.68 bits per heavy atom. The average Bonchev–Trinajstić information content (AvgIpc) is 2.76. The van der Waals surface area contributed by atoms with E-state index in [2.05, 4.69) is 5.32 Å². The highest BCUT2D eigenvalue weighted by molar-refractivity contribution is 5.79. The van der Waals surface area contributed by atoms with Gasteiger partial charge in [0, 0.05) is 25.6 Å². The Balaban J connectivity index is 1.43. The maximum atomic E-state index is 12.6. The van der Waals surface area contributed by atoms with Gasteiger partial charge < -0.3 is 19.7 Å². The average molecular weight is 425 g/mol. The molecule has 0 spiro atoms. The quantitative estimate of drug-likeness (QED) is 0.740. The normalized spacial score (nSPS) is 14.7. The minimum absolute atomic E-state index is 0.0368. The lowest BCUT2D eigenvalue weighted by molar-refractivity contribution is -0.126. The largest absolute Gasteiger partial charge is 0.489 e. The number of amides is 2. The lowest BCUT2D eigenvalue weighted by atomic mass is 9.96. The molecule has 166 valence electrons. The summed E-state index contributed by atoms with van der Waals surface area (Å²) in [5.74, 6) is 0.789. The summed E-state index contributed by atoms with van der Waals surface area (Å²) in [5.41, 5.74) is 1.58. The van der Waals surface area contributed by atoms with Gasteiger partial charge in [-0.15, -0.1) is 0 Å². The first-order valence-electron chi connectivity index (χ1n) is 10.8. The molecule has 0 saturated carbocycles. The molecule has 1 saturated heterocycles. The molecule has 6 heteroatoms. The lowest BCUT2D eigenvalue weighted by Crippen LogP contribution is -2.44. The molecule has 0 unspecified atom stereocenters. The molecule has 0 bridgehead atoms. The van der Waals surface area contributed by atoms with Crippen LogP contribution in [0.2, 0.25) is 0 Å². The minimum Gasteiger partial charge on any atom is -0.489 e. The molecule has 3 rings (SSSR count). The Bertz CT molecular complexity index is 869. The number of nitrogens with zero attached hydrogens (tertiary/aromatic N) is 1. The molecular weight excluding hydrogens is 392 g/mol. The summed E-state index contributed by atoms with van der Waals surface area (Å²) in [7, 11) is 0. The number of hydrogen-bond donors (Lipinski definition) is 1. The summed E-state index contributed by atoms with van der Waals surface area (Å²) >= 11 is 0. The van der Waals surface area contributed by atoms with Crippen molar-refractivity contribution in [2.75, 3.05) is 13.1 Å². The Labute approximate surface area is 184 Å². The summed E-state index contributed by atoms with van der Waals surface area (Å²) < 4.78 is 11.2. The van der Waals surface area contributed by atoms with Crippen molar-refractivity contribution in [1.29, 1.82) is 0 Å². The number of para-hydroxylation sites is 1. The zero-order valence-corrected chi connectivity index (χ0v) is 18.6. The fourth-order valence-corrected chi connectivity index (χ4v) is 3.50. The van der Waals surface area contributed by atoms with Crippen molar-refractivity contribution >= 4 is 12.0 Å². The number of hydrogen-bond acceptors (Lipinski definition) is 4. The van der Waals surface area contributed by atoms with E-state index >= 15 is 0 Å². The van der Waals surface area contributed by atoms with Crippen LogP contribution in [0.4, 0.5) is 4.79 Å². The molecule has 1 N–H and O–H groups in total. The number of carbonyl (C=O) groups is 2. The summed E-state index contributed by atoms with van der Waals surface area (Å²) in [4.78, 5) is 26.5.